The van der Waals surface area contributed by atoms with Gasteiger partial charge in [-0.3, -0.25) is 0 Å². The van der Waals surface area contributed by atoms with Gasteiger partial charge in [-0.05, 0) is 37.5 Å². The number of phenolic OH excluding ortho intramolecular Hbond substituents is 1. The van der Waals surface area contributed by atoms with Gasteiger partial charge in [0, 0.05) is 13.1 Å². The summed E-state index contributed by atoms with van der Waals surface area (Å²) in [4.78, 5) is 4.61. The van der Waals surface area contributed by atoms with Gasteiger partial charge in [-0.2, -0.15) is 0 Å². The number of para-hydroxylation sites is 1. The minimum Gasteiger partial charge on any atom is -0.504 e. The summed E-state index contributed by atoms with van der Waals surface area (Å²) in [6.45, 7) is 6.20. The molecule has 0 saturated heterocycles. The summed E-state index contributed by atoms with van der Waals surface area (Å²) in [6, 6.07) is 13.9. The molecule has 0 heterocycles. The van der Waals surface area contributed by atoms with Gasteiger partial charge in [0.2, 0.25) is 0 Å². The van der Waals surface area contributed by atoms with E-state index in [1.165, 1.54) is 11.1 Å². The number of hydrogen-bond acceptors (Lipinski definition) is 3. The number of phenols is 1. The van der Waals surface area contributed by atoms with Crippen molar-refractivity contribution >= 4 is 29.9 Å². The summed E-state index contributed by atoms with van der Waals surface area (Å²) in [5.41, 5.74) is 3.27. The number of nitrogens with one attached hydrogen (secondary N) is 2. The number of nitrogens with zero attached hydrogens (tertiary/aromatic N) is 1. The van der Waals surface area contributed by atoms with Crippen molar-refractivity contribution in [1.82, 2.24) is 10.6 Å². The number of rotatable bonds is 7. The van der Waals surface area contributed by atoms with Gasteiger partial charge < -0.3 is 20.5 Å². The molecule has 0 saturated carbocycles. The van der Waals surface area contributed by atoms with Gasteiger partial charge in [0.15, 0.2) is 17.5 Å². The van der Waals surface area contributed by atoms with Crippen molar-refractivity contribution in [3.05, 3.63) is 59.2 Å². The quantitative estimate of drug-likeness (QED) is 0.329. The van der Waals surface area contributed by atoms with Crippen LogP contribution in [0, 0.1) is 6.92 Å². The number of benzene rings is 2. The Balaban J connectivity index is 0.00000338. The van der Waals surface area contributed by atoms with Gasteiger partial charge in [-0.1, -0.05) is 42.0 Å². The average Bonchev–Trinajstić information content (AvgIpc) is 2.62. The van der Waals surface area contributed by atoms with Gasteiger partial charge in [0.1, 0.15) is 0 Å². The van der Waals surface area contributed by atoms with E-state index in [-0.39, 0.29) is 29.7 Å². The second-order valence-corrected chi connectivity index (χ2v) is 5.83. The molecule has 2 rings (SSSR count). The van der Waals surface area contributed by atoms with E-state index in [0.717, 1.165) is 18.1 Å². The number of aromatic hydroxyl groups is 1. The van der Waals surface area contributed by atoms with Crippen LogP contribution in [-0.2, 0) is 13.0 Å². The number of halogens is 1. The summed E-state index contributed by atoms with van der Waals surface area (Å²) in [6.07, 6.45) is 0.679. The number of methoxy groups -OCH3 is 1. The highest BCUT2D eigenvalue weighted by atomic mass is 127. The molecule has 0 aliphatic rings. The molecule has 5 nitrogen and oxygen atoms in total. The zero-order valence-electron chi connectivity index (χ0n) is 15.6. The molecule has 26 heavy (non-hydrogen) atoms. The van der Waals surface area contributed by atoms with Crippen LogP contribution in [0.2, 0.25) is 0 Å². The van der Waals surface area contributed by atoms with Crippen LogP contribution >= 0.6 is 24.0 Å². The van der Waals surface area contributed by atoms with Gasteiger partial charge in [0.05, 0.1) is 13.7 Å². The van der Waals surface area contributed by atoms with E-state index in [9.17, 15) is 5.11 Å². The van der Waals surface area contributed by atoms with Crippen molar-refractivity contribution in [3.8, 4) is 11.5 Å². The lowest BCUT2D eigenvalue weighted by Gasteiger charge is -2.13. The topological polar surface area (TPSA) is 65.9 Å². The number of aliphatic imine (C=N–C) groups is 1. The Morgan fingerprint density at radius 1 is 1.12 bits per heavy atom. The van der Waals surface area contributed by atoms with Crippen LogP contribution < -0.4 is 15.4 Å². The molecule has 0 aromatic heterocycles. The highest BCUT2D eigenvalue weighted by Crippen LogP contribution is 2.29. The third kappa shape index (κ3) is 6.74. The number of aryl methyl sites for hydroxylation is 1. The molecule has 0 atom stereocenters. The molecule has 0 aliphatic carbocycles. The summed E-state index contributed by atoms with van der Waals surface area (Å²) in [5, 5.41) is 16.7. The number of guanidine groups is 1. The van der Waals surface area contributed by atoms with Gasteiger partial charge in [-0.25, -0.2) is 4.99 Å². The van der Waals surface area contributed by atoms with Crippen molar-refractivity contribution in [3.63, 3.8) is 0 Å². The molecule has 0 fully saturated rings. The molecule has 0 amide bonds. The van der Waals surface area contributed by atoms with E-state index in [1.54, 1.807) is 13.2 Å². The van der Waals surface area contributed by atoms with Gasteiger partial charge in [-0.15, -0.1) is 24.0 Å². The molecule has 0 unspecified atom stereocenters. The summed E-state index contributed by atoms with van der Waals surface area (Å²) in [5.74, 6) is 1.47. The lowest BCUT2D eigenvalue weighted by Crippen LogP contribution is -2.38. The fourth-order valence-corrected chi connectivity index (χ4v) is 2.46. The fourth-order valence-electron chi connectivity index (χ4n) is 2.46. The highest BCUT2D eigenvalue weighted by molar-refractivity contribution is 14.0. The smallest absolute Gasteiger partial charge is 0.191 e. The normalized spacial score (nSPS) is 10.8. The number of ether oxygens (including phenoxy) is 1. The number of hydrogen-bond donors (Lipinski definition) is 3. The maximum atomic E-state index is 10.1. The lowest BCUT2D eigenvalue weighted by molar-refractivity contribution is 0.370. The first kappa shape index (κ1) is 22.1. The predicted octanol–water partition coefficient (Wildman–Crippen LogP) is 3.63. The summed E-state index contributed by atoms with van der Waals surface area (Å²) < 4.78 is 5.14. The molecule has 0 aliphatic heterocycles. The molecule has 142 valence electrons. The fraction of sp³-hybridized carbons (Fsp3) is 0.350. The van der Waals surface area contributed by atoms with E-state index in [0.29, 0.717) is 25.3 Å². The Kier molecular flexibility index (Phi) is 9.87. The first-order chi connectivity index (χ1) is 12.1. The van der Waals surface area contributed by atoms with Crippen LogP contribution in [0.1, 0.15) is 23.6 Å². The first-order valence-electron chi connectivity index (χ1n) is 8.56. The Morgan fingerprint density at radius 3 is 2.50 bits per heavy atom. The third-order valence-corrected chi connectivity index (χ3v) is 3.87. The monoisotopic (exact) mass is 469 g/mol. The minimum atomic E-state index is 0. The van der Waals surface area contributed by atoms with Crippen LogP contribution in [0.25, 0.3) is 0 Å². The van der Waals surface area contributed by atoms with Crippen molar-refractivity contribution in [1.29, 1.82) is 0 Å². The molecule has 2 aromatic carbocycles. The Bertz CT molecular complexity index is 703. The standard InChI is InChI=1S/C20H27N3O2.HI/c1-4-21-20(23-14-16-10-8-15(2)9-11-16)22-13-12-17-6-5-7-18(25-3)19(17)24;/h5-11,24H,4,12-14H2,1-3H3,(H2,21,22,23);1H. The van der Waals surface area contributed by atoms with E-state index in [2.05, 4.69) is 46.8 Å². The van der Waals surface area contributed by atoms with Crippen molar-refractivity contribution in [2.24, 2.45) is 4.99 Å². The largest absolute Gasteiger partial charge is 0.504 e. The third-order valence-electron chi connectivity index (χ3n) is 3.87. The van der Waals surface area contributed by atoms with Crippen LogP contribution in [0.5, 0.6) is 11.5 Å². The van der Waals surface area contributed by atoms with Crippen molar-refractivity contribution < 1.29 is 9.84 Å². The average molecular weight is 469 g/mol. The first-order valence-corrected chi connectivity index (χ1v) is 8.56. The second-order valence-electron chi connectivity index (χ2n) is 5.83. The van der Waals surface area contributed by atoms with Gasteiger partial charge in [0.25, 0.3) is 0 Å². The second kappa shape index (κ2) is 11.6. The minimum absolute atomic E-state index is 0. The van der Waals surface area contributed by atoms with Crippen LogP contribution in [0.15, 0.2) is 47.5 Å². The zero-order chi connectivity index (χ0) is 18.1. The Hall–Kier alpha value is -1.96. The molecule has 0 bridgehead atoms. The zero-order valence-corrected chi connectivity index (χ0v) is 17.9. The predicted molar refractivity (Wildman–Crippen MR) is 118 cm³/mol. The molecule has 6 heteroatoms. The van der Waals surface area contributed by atoms with E-state index < -0.39 is 0 Å². The maximum Gasteiger partial charge on any atom is 0.191 e. The maximum absolute atomic E-state index is 10.1. The van der Waals surface area contributed by atoms with Gasteiger partial charge >= 0.3 is 0 Å². The molecule has 3 N–H and O–H groups in total. The Morgan fingerprint density at radius 2 is 1.85 bits per heavy atom. The molecule has 0 radical (unpaired) electrons. The van der Waals surface area contributed by atoms with Crippen LogP contribution in [0.4, 0.5) is 0 Å². The van der Waals surface area contributed by atoms with E-state index in [4.69, 9.17) is 4.74 Å². The molecule has 2 aromatic rings. The van der Waals surface area contributed by atoms with Crippen molar-refractivity contribution in [2.45, 2.75) is 26.8 Å². The van der Waals surface area contributed by atoms with Crippen LogP contribution in [-0.4, -0.2) is 31.3 Å². The summed E-state index contributed by atoms with van der Waals surface area (Å²) >= 11 is 0. The summed E-state index contributed by atoms with van der Waals surface area (Å²) in [7, 11) is 1.55. The molecule has 0 spiro atoms. The Labute approximate surface area is 172 Å². The van der Waals surface area contributed by atoms with Crippen molar-refractivity contribution in [2.75, 3.05) is 20.2 Å². The lowest BCUT2D eigenvalue weighted by atomic mass is 10.1. The SMILES string of the molecule is CCNC(=NCc1ccc(C)cc1)NCCc1cccc(OC)c1O.I. The highest BCUT2D eigenvalue weighted by Gasteiger charge is 2.07. The van der Waals surface area contributed by atoms with E-state index >= 15 is 0 Å². The molecular weight excluding hydrogens is 441 g/mol. The molecular formula is C20H28IN3O2. The van der Waals surface area contributed by atoms with Crippen LogP contribution in [0.3, 0.4) is 0 Å². The van der Waals surface area contributed by atoms with E-state index in [1.807, 2.05) is 19.1 Å².